The lowest BCUT2D eigenvalue weighted by Crippen LogP contribution is -2.26. The van der Waals surface area contributed by atoms with Gasteiger partial charge >= 0.3 is 0 Å². The predicted molar refractivity (Wildman–Crippen MR) is 100 cm³/mol. The van der Waals surface area contributed by atoms with Crippen molar-refractivity contribution in [2.45, 2.75) is 32.9 Å². The molecule has 1 aliphatic heterocycles. The molecule has 2 aromatic carbocycles. The van der Waals surface area contributed by atoms with Crippen LogP contribution in [0.3, 0.4) is 0 Å². The van der Waals surface area contributed by atoms with Crippen LogP contribution in [0.2, 0.25) is 0 Å². The molecule has 1 atom stereocenters. The highest BCUT2D eigenvalue weighted by molar-refractivity contribution is 5.67. The van der Waals surface area contributed by atoms with E-state index in [1.54, 1.807) is 0 Å². The topological polar surface area (TPSA) is 53.9 Å². The van der Waals surface area contributed by atoms with Crippen LogP contribution >= 0.6 is 0 Å². The Morgan fingerprint density at radius 1 is 1.00 bits per heavy atom. The number of rotatable bonds is 4. The zero-order chi connectivity index (χ0) is 17.2. The zero-order valence-corrected chi connectivity index (χ0v) is 14.5. The number of nitrogens with one attached hydrogen (secondary N) is 1. The molecule has 25 heavy (non-hydrogen) atoms. The van der Waals surface area contributed by atoms with E-state index >= 15 is 0 Å². The molecule has 0 saturated carbocycles. The molecule has 0 spiro atoms. The molecule has 1 unspecified atom stereocenters. The van der Waals surface area contributed by atoms with Crippen molar-refractivity contribution in [3.8, 4) is 0 Å². The minimum Gasteiger partial charge on any atom is -0.350 e. The van der Waals surface area contributed by atoms with Crippen LogP contribution in [0.1, 0.15) is 23.9 Å². The lowest BCUT2D eigenvalue weighted by molar-refractivity contribution is 0.733. The maximum Gasteiger partial charge on any atom is 0.235 e. The van der Waals surface area contributed by atoms with Gasteiger partial charge in [-0.15, -0.1) is 0 Å². The monoisotopic (exact) mass is 331 g/mol. The van der Waals surface area contributed by atoms with E-state index < -0.39 is 0 Å². The number of aryl methyl sites for hydroxylation is 1. The van der Waals surface area contributed by atoms with E-state index in [4.69, 9.17) is 0 Å². The third kappa shape index (κ3) is 3.18. The Hall–Kier alpha value is -2.95. The first-order valence-electron chi connectivity index (χ1n) is 8.58. The van der Waals surface area contributed by atoms with E-state index in [9.17, 15) is 0 Å². The Morgan fingerprint density at radius 2 is 1.76 bits per heavy atom. The van der Waals surface area contributed by atoms with E-state index in [0.717, 1.165) is 12.2 Å². The van der Waals surface area contributed by atoms with Crippen molar-refractivity contribution in [2.75, 3.05) is 10.2 Å². The van der Waals surface area contributed by atoms with Crippen LogP contribution in [-0.4, -0.2) is 21.0 Å². The van der Waals surface area contributed by atoms with Crippen molar-refractivity contribution in [3.63, 3.8) is 0 Å². The van der Waals surface area contributed by atoms with Crippen LogP contribution in [0, 0.1) is 6.92 Å². The first-order valence-corrected chi connectivity index (χ1v) is 8.58. The fraction of sp³-hybridized carbons (Fsp3) is 0.250. The Labute approximate surface area is 147 Å². The summed E-state index contributed by atoms with van der Waals surface area (Å²) in [5.41, 5.74) is 3.73. The van der Waals surface area contributed by atoms with Crippen LogP contribution in [0.15, 0.2) is 54.6 Å². The number of hydrogen-bond donors (Lipinski definition) is 1. The summed E-state index contributed by atoms with van der Waals surface area (Å²) in [6.07, 6.45) is 1.01. The molecule has 0 aliphatic carbocycles. The highest BCUT2D eigenvalue weighted by Gasteiger charge is 2.29. The molecule has 0 saturated heterocycles. The molecule has 5 heteroatoms. The fourth-order valence-corrected chi connectivity index (χ4v) is 3.30. The molecule has 1 aliphatic rings. The van der Waals surface area contributed by atoms with Crippen LogP contribution in [0.4, 0.5) is 17.6 Å². The second-order valence-electron chi connectivity index (χ2n) is 6.40. The predicted octanol–water partition coefficient (Wildman–Crippen LogP) is 3.87. The minimum atomic E-state index is 0.334. The molecule has 2 heterocycles. The number of fused-ring (bicyclic) bond motifs is 1. The maximum absolute atomic E-state index is 4.67. The SMILES string of the molecule is Cc1nc(NCc2ccccc2)nc(N2c3ccccc3CC2C)n1. The van der Waals surface area contributed by atoms with Crippen molar-refractivity contribution >= 4 is 17.6 Å². The van der Waals surface area contributed by atoms with Gasteiger partial charge in [-0.05, 0) is 37.5 Å². The Balaban J connectivity index is 1.62. The standard InChI is InChI=1S/C20H21N5/c1-14-12-17-10-6-7-11-18(17)25(14)20-23-15(2)22-19(24-20)21-13-16-8-4-3-5-9-16/h3-11,14H,12-13H2,1-2H3,(H,21,22,23,24). The van der Waals surface area contributed by atoms with Gasteiger partial charge in [-0.3, -0.25) is 0 Å². The van der Waals surface area contributed by atoms with Gasteiger partial charge in [-0.2, -0.15) is 15.0 Å². The van der Waals surface area contributed by atoms with Crippen molar-refractivity contribution in [3.05, 3.63) is 71.5 Å². The smallest absolute Gasteiger partial charge is 0.235 e. The average molecular weight is 331 g/mol. The van der Waals surface area contributed by atoms with E-state index in [2.05, 4.69) is 68.5 Å². The van der Waals surface area contributed by atoms with Gasteiger partial charge in [0.1, 0.15) is 5.82 Å². The first-order chi connectivity index (χ1) is 12.2. The number of aromatic nitrogens is 3. The third-order valence-electron chi connectivity index (χ3n) is 4.45. The lowest BCUT2D eigenvalue weighted by atomic mass is 10.1. The molecule has 1 N–H and O–H groups in total. The molecular formula is C20H21N5. The van der Waals surface area contributed by atoms with Gasteiger partial charge in [-0.25, -0.2) is 0 Å². The van der Waals surface area contributed by atoms with Crippen LogP contribution in [0.25, 0.3) is 0 Å². The van der Waals surface area contributed by atoms with Crippen LogP contribution in [0.5, 0.6) is 0 Å². The summed E-state index contributed by atoms with van der Waals surface area (Å²) in [7, 11) is 0. The van der Waals surface area contributed by atoms with Gasteiger partial charge in [-0.1, -0.05) is 48.5 Å². The van der Waals surface area contributed by atoms with Crippen molar-refractivity contribution < 1.29 is 0 Å². The number of benzene rings is 2. The number of hydrogen-bond acceptors (Lipinski definition) is 5. The summed E-state index contributed by atoms with van der Waals surface area (Å²) < 4.78 is 0. The van der Waals surface area contributed by atoms with Crippen molar-refractivity contribution in [1.82, 2.24) is 15.0 Å². The Bertz CT molecular complexity index is 878. The molecular weight excluding hydrogens is 310 g/mol. The van der Waals surface area contributed by atoms with Gasteiger partial charge in [0.15, 0.2) is 0 Å². The minimum absolute atomic E-state index is 0.334. The normalized spacial score (nSPS) is 15.9. The van der Waals surface area contributed by atoms with Gasteiger partial charge in [0.2, 0.25) is 11.9 Å². The molecule has 126 valence electrons. The quantitative estimate of drug-likeness (QED) is 0.786. The first kappa shape index (κ1) is 15.6. The van der Waals surface area contributed by atoms with Crippen LogP contribution < -0.4 is 10.2 Å². The fourth-order valence-electron chi connectivity index (χ4n) is 3.30. The third-order valence-corrected chi connectivity index (χ3v) is 4.45. The molecule has 1 aromatic heterocycles. The zero-order valence-electron chi connectivity index (χ0n) is 14.5. The van der Waals surface area contributed by atoms with Crippen molar-refractivity contribution in [1.29, 1.82) is 0 Å². The summed E-state index contributed by atoms with van der Waals surface area (Å²) in [5.74, 6) is 2.04. The molecule has 3 aromatic rings. The Morgan fingerprint density at radius 3 is 2.60 bits per heavy atom. The highest BCUT2D eigenvalue weighted by Crippen LogP contribution is 2.36. The number of anilines is 3. The summed E-state index contributed by atoms with van der Waals surface area (Å²) in [5, 5.41) is 3.32. The molecule has 0 amide bonds. The lowest BCUT2D eigenvalue weighted by Gasteiger charge is -2.23. The molecule has 0 bridgehead atoms. The largest absolute Gasteiger partial charge is 0.350 e. The summed E-state index contributed by atoms with van der Waals surface area (Å²) in [6, 6.07) is 19.0. The number of nitrogens with zero attached hydrogens (tertiary/aromatic N) is 4. The summed E-state index contributed by atoms with van der Waals surface area (Å²) >= 11 is 0. The van der Waals surface area contributed by atoms with Gasteiger partial charge in [0.25, 0.3) is 0 Å². The summed E-state index contributed by atoms with van der Waals surface area (Å²) in [4.78, 5) is 15.9. The Kier molecular flexibility index (Phi) is 4.06. The molecule has 0 radical (unpaired) electrons. The van der Waals surface area contributed by atoms with E-state index in [-0.39, 0.29) is 0 Å². The second kappa shape index (κ2) is 6.51. The summed E-state index contributed by atoms with van der Waals surface area (Å²) in [6.45, 7) is 4.80. The van der Waals surface area contributed by atoms with Gasteiger partial charge < -0.3 is 10.2 Å². The molecule has 4 rings (SSSR count). The second-order valence-corrected chi connectivity index (χ2v) is 6.40. The van der Waals surface area contributed by atoms with Crippen molar-refractivity contribution in [2.24, 2.45) is 0 Å². The van der Waals surface area contributed by atoms with E-state index in [1.807, 2.05) is 25.1 Å². The van der Waals surface area contributed by atoms with E-state index in [0.29, 0.717) is 24.5 Å². The maximum atomic E-state index is 4.67. The van der Waals surface area contributed by atoms with Crippen LogP contribution in [-0.2, 0) is 13.0 Å². The molecule has 5 nitrogen and oxygen atoms in total. The van der Waals surface area contributed by atoms with Gasteiger partial charge in [0.05, 0.1) is 0 Å². The van der Waals surface area contributed by atoms with Gasteiger partial charge in [0, 0.05) is 18.3 Å². The number of para-hydroxylation sites is 1. The molecule has 0 fully saturated rings. The highest BCUT2D eigenvalue weighted by atomic mass is 15.3. The van der Waals surface area contributed by atoms with E-state index in [1.165, 1.54) is 16.8 Å². The average Bonchev–Trinajstić information content (AvgIpc) is 2.96.